The van der Waals surface area contributed by atoms with E-state index in [0.29, 0.717) is 5.69 Å². The van der Waals surface area contributed by atoms with Crippen LogP contribution in [0.3, 0.4) is 0 Å². The minimum absolute atomic E-state index is 0.154. The SMILES string of the molecule is Cc1ccc(NC(=O)[C@H](C)OC(=O)c2ccc(F)cc2Br)cc1. The van der Waals surface area contributed by atoms with E-state index in [4.69, 9.17) is 4.74 Å². The average molecular weight is 380 g/mol. The molecule has 2 aromatic rings. The lowest BCUT2D eigenvalue weighted by Crippen LogP contribution is -2.30. The van der Waals surface area contributed by atoms with Gasteiger partial charge in [0, 0.05) is 10.2 Å². The van der Waals surface area contributed by atoms with E-state index in [2.05, 4.69) is 21.2 Å². The van der Waals surface area contributed by atoms with Crippen LogP contribution in [-0.4, -0.2) is 18.0 Å². The largest absolute Gasteiger partial charge is 0.449 e. The van der Waals surface area contributed by atoms with Gasteiger partial charge in [-0.25, -0.2) is 9.18 Å². The molecule has 2 rings (SSSR count). The highest BCUT2D eigenvalue weighted by atomic mass is 79.9. The van der Waals surface area contributed by atoms with Gasteiger partial charge in [-0.3, -0.25) is 4.79 Å². The number of aryl methyl sites for hydroxylation is 1. The molecule has 2 aromatic carbocycles. The maximum atomic E-state index is 13.0. The molecule has 1 amide bonds. The lowest BCUT2D eigenvalue weighted by atomic mass is 10.2. The number of halogens is 2. The number of anilines is 1. The van der Waals surface area contributed by atoms with E-state index in [1.165, 1.54) is 13.0 Å². The summed E-state index contributed by atoms with van der Waals surface area (Å²) in [4.78, 5) is 24.1. The van der Waals surface area contributed by atoms with Crippen molar-refractivity contribution in [3.8, 4) is 0 Å². The monoisotopic (exact) mass is 379 g/mol. The van der Waals surface area contributed by atoms with Gasteiger partial charge in [0.1, 0.15) is 5.82 Å². The molecule has 0 aliphatic carbocycles. The Hall–Kier alpha value is -2.21. The Labute approximate surface area is 141 Å². The van der Waals surface area contributed by atoms with Crippen LogP contribution in [0.5, 0.6) is 0 Å². The molecule has 0 aliphatic rings. The Morgan fingerprint density at radius 2 is 1.83 bits per heavy atom. The first-order valence-corrected chi connectivity index (χ1v) is 7.69. The van der Waals surface area contributed by atoms with Gasteiger partial charge >= 0.3 is 5.97 Å². The molecule has 0 bridgehead atoms. The number of carbonyl (C=O) groups excluding carboxylic acids is 2. The smallest absolute Gasteiger partial charge is 0.340 e. The average Bonchev–Trinajstić information content (AvgIpc) is 2.49. The standard InChI is InChI=1S/C17H15BrFNO3/c1-10-3-6-13(7-4-10)20-16(21)11(2)23-17(22)14-8-5-12(19)9-15(14)18/h3-9,11H,1-2H3,(H,20,21)/t11-/m0/s1. The number of esters is 1. The van der Waals surface area contributed by atoms with Crippen LogP contribution >= 0.6 is 15.9 Å². The fraction of sp³-hybridized carbons (Fsp3) is 0.176. The van der Waals surface area contributed by atoms with Gasteiger partial charge in [0.25, 0.3) is 5.91 Å². The summed E-state index contributed by atoms with van der Waals surface area (Å²) in [5.41, 5.74) is 1.84. The normalized spacial score (nSPS) is 11.7. The Bertz CT molecular complexity index is 731. The second-order valence-electron chi connectivity index (χ2n) is 5.03. The minimum Gasteiger partial charge on any atom is -0.449 e. The quantitative estimate of drug-likeness (QED) is 0.814. The number of hydrogen-bond acceptors (Lipinski definition) is 3. The summed E-state index contributed by atoms with van der Waals surface area (Å²) in [6, 6.07) is 10.9. The van der Waals surface area contributed by atoms with Crippen molar-refractivity contribution >= 4 is 33.5 Å². The predicted molar refractivity (Wildman–Crippen MR) is 88.8 cm³/mol. The molecule has 0 aliphatic heterocycles. The molecule has 6 heteroatoms. The van der Waals surface area contributed by atoms with Crippen LogP contribution in [-0.2, 0) is 9.53 Å². The summed E-state index contributed by atoms with van der Waals surface area (Å²) in [5.74, 6) is -1.62. The van der Waals surface area contributed by atoms with E-state index in [1.54, 1.807) is 12.1 Å². The Morgan fingerprint density at radius 3 is 2.43 bits per heavy atom. The second-order valence-corrected chi connectivity index (χ2v) is 5.88. The number of benzene rings is 2. The number of ether oxygens (including phenoxy) is 1. The summed E-state index contributed by atoms with van der Waals surface area (Å²) in [5, 5.41) is 2.66. The maximum Gasteiger partial charge on any atom is 0.340 e. The fourth-order valence-corrected chi connectivity index (χ4v) is 2.33. The van der Waals surface area contributed by atoms with Crippen LogP contribution in [0, 0.1) is 12.7 Å². The van der Waals surface area contributed by atoms with Gasteiger partial charge in [-0.2, -0.15) is 0 Å². The van der Waals surface area contributed by atoms with Crippen molar-refractivity contribution in [1.29, 1.82) is 0 Å². The van der Waals surface area contributed by atoms with E-state index in [0.717, 1.165) is 17.7 Å². The lowest BCUT2D eigenvalue weighted by molar-refractivity contribution is -0.123. The molecule has 4 nitrogen and oxygen atoms in total. The van der Waals surface area contributed by atoms with Crippen LogP contribution < -0.4 is 5.32 Å². The number of carbonyl (C=O) groups is 2. The third-order valence-corrected chi connectivity index (χ3v) is 3.78. The lowest BCUT2D eigenvalue weighted by Gasteiger charge is -2.14. The highest BCUT2D eigenvalue weighted by molar-refractivity contribution is 9.10. The number of amides is 1. The molecular weight excluding hydrogens is 365 g/mol. The van der Waals surface area contributed by atoms with Crippen molar-refractivity contribution in [2.75, 3.05) is 5.32 Å². The van der Waals surface area contributed by atoms with Gasteiger partial charge in [0.15, 0.2) is 6.10 Å². The predicted octanol–water partition coefficient (Wildman–Crippen LogP) is 4.08. The highest BCUT2D eigenvalue weighted by Gasteiger charge is 2.20. The van der Waals surface area contributed by atoms with E-state index >= 15 is 0 Å². The zero-order valence-corrected chi connectivity index (χ0v) is 14.2. The summed E-state index contributed by atoms with van der Waals surface area (Å²) >= 11 is 3.09. The first-order valence-electron chi connectivity index (χ1n) is 6.90. The topological polar surface area (TPSA) is 55.4 Å². The molecule has 0 saturated heterocycles. The molecule has 120 valence electrons. The van der Waals surface area contributed by atoms with Gasteiger partial charge in [-0.15, -0.1) is 0 Å². The van der Waals surface area contributed by atoms with Crippen LogP contribution in [0.25, 0.3) is 0 Å². The molecule has 0 radical (unpaired) electrons. The van der Waals surface area contributed by atoms with Crippen LogP contribution in [0.15, 0.2) is 46.9 Å². The van der Waals surface area contributed by atoms with Crippen molar-refractivity contribution in [3.63, 3.8) is 0 Å². The summed E-state index contributed by atoms with van der Waals surface area (Å²) in [7, 11) is 0. The van der Waals surface area contributed by atoms with Crippen molar-refractivity contribution in [3.05, 3.63) is 63.9 Å². The van der Waals surface area contributed by atoms with Gasteiger partial charge in [0.2, 0.25) is 0 Å². The van der Waals surface area contributed by atoms with Gasteiger partial charge < -0.3 is 10.1 Å². The van der Waals surface area contributed by atoms with Crippen LogP contribution in [0.1, 0.15) is 22.8 Å². The van der Waals surface area contributed by atoms with Crippen molar-refractivity contribution < 1.29 is 18.7 Å². The third kappa shape index (κ3) is 4.63. The van der Waals surface area contributed by atoms with Gasteiger partial charge in [-0.05, 0) is 60.1 Å². The summed E-state index contributed by atoms with van der Waals surface area (Å²) < 4.78 is 18.4. The first kappa shape index (κ1) is 17.1. The third-order valence-electron chi connectivity index (χ3n) is 3.12. The molecule has 23 heavy (non-hydrogen) atoms. The first-order chi connectivity index (χ1) is 10.9. The molecule has 1 atom stereocenters. The van der Waals surface area contributed by atoms with Gasteiger partial charge in [-0.1, -0.05) is 17.7 Å². The van der Waals surface area contributed by atoms with Crippen LogP contribution in [0.4, 0.5) is 10.1 Å². The molecule has 1 N–H and O–H groups in total. The number of nitrogens with one attached hydrogen (secondary N) is 1. The molecule has 0 spiro atoms. The zero-order valence-electron chi connectivity index (χ0n) is 12.6. The van der Waals surface area contributed by atoms with Crippen molar-refractivity contribution in [2.45, 2.75) is 20.0 Å². The number of rotatable bonds is 4. The van der Waals surface area contributed by atoms with E-state index in [9.17, 15) is 14.0 Å². The van der Waals surface area contributed by atoms with E-state index in [1.807, 2.05) is 19.1 Å². The van der Waals surface area contributed by atoms with Crippen molar-refractivity contribution in [1.82, 2.24) is 0 Å². The number of hydrogen-bond donors (Lipinski definition) is 1. The second kappa shape index (κ2) is 7.37. The maximum absolute atomic E-state index is 13.0. The molecule has 0 unspecified atom stereocenters. The molecule has 0 saturated carbocycles. The Kier molecular flexibility index (Phi) is 5.50. The zero-order chi connectivity index (χ0) is 17.0. The fourth-order valence-electron chi connectivity index (χ4n) is 1.81. The van der Waals surface area contributed by atoms with E-state index in [-0.39, 0.29) is 10.0 Å². The summed E-state index contributed by atoms with van der Waals surface area (Å²) in [6.07, 6.45) is -0.985. The van der Waals surface area contributed by atoms with Crippen molar-refractivity contribution in [2.24, 2.45) is 0 Å². The minimum atomic E-state index is -0.985. The Balaban J connectivity index is 2.00. The highest BCUT2D eigenvalue weighted by Crippen LogP contribution is 2.19. The van der Waals surface area contributed by atoms with E-state index < -0.39 is 23.8 Å². The van der Waals surface area contributed by atoms with Gasteiger partial charge in [0.05, 0.1) is 5.56 Å². The molecule has 0 heterocycles. The molecular formula is C17H15BrFNO3. The molecule has 0 aromatic heterocycles. The Morgan fingerprint density at radius 1 is 1.17 bits per heavy atom. The molecule has 0 fully saturated rings. The summed E-state index contributed by atoms with van der Waals surface area (Å²) in [6.45, 7) is 3.41. The van der Waals surface area contributed by atoms with Crippen LogP contribution in [0.2, 0.25) is 0 Å².